The number of hydrogen-bond donors (Lipinski definition) is 0. The topological polar surface area (TPSA) is 32.8 Å². The molecule has 0 atom stereocenters. The van der Waals surface area contributed by atoms with Crippen LogP contribution in [-0.4, -0.2) is 37.6 Å². The molecule has 0 spiro atoms. The molecular formula is C23H30N2O2. The molecule has 1 fully saturated rings. The maximum atomic E-state index is 12.5. The van der Waals surface area contributed by atoms with Gasteiger partial charge >= 0.3 is 0 Å². The van der Waals surface area contributed by atoms with Gasteiger partial charge in [0, 0.05) is 32.4 Å². The Kier molecular flexibility index (Phi) is 6.74. The van der Waals surface area contributed by atoms with Crippen LogP contribution in [-0.2, 0) is 17.8 Å². The van der Waals surface area contributed by atoms with Crippen molar-refractivity contribution in [3.63, 3.8) is 0 Å². The summed E-state index contributed by atoms with van der Waals surface area (Å²) in [5, 5.41) is 0. The third kappa shape index (κ3) is 5.49. The zero-order valence-corrected chi connectivity index (χ0v) is 16.5. The summed E-state index contributed by atoms with van der Waals surface area (Å²) in [5.41, 5.74) is 3.47. The van der Waals surface area contributed by atoms with Gasteiger partial charge in [-0.25, -0.2) is 0 Å². The molecular weight excluding hydrogens is 336 g/mol. The number of anilines is 1. The van der Waals surface area contributed by atoms with E-state index >= 15 is 0 Å². The highest BCUT2D eigenvalue weighted by Crippen LogP contribution is 2.21. The van der Waals surface area contributed by atoms with E-state index in [1.165, 1.54) is 30.5 Å². The van der Waals surface area contributed by atoms with Gasteiger partial charge in [0.1, 0.15) is 5.75 Å². The van der Waals surface area contributed by atoms with E-state index in [1.54, 1.807) is 4.90 Å². The summed E-state index contributed by atoms with van der Waals surface area (Å²) in [5.74, 6) is 0.968. The fourth-order valence-corrected chi connectivity index (χ4v) is 3.51. The van der Waals surface area contributed by atoms with E-state index in [-0.39, 0.29) is 5.91 Å². The van der Waals surface area contributed by atoms with Crippen molar-refractivity contribution < 1.29 is 9.53 Å². The van der Waals surface area contributed by atoms with Crippen LogP contribution in [0.15, 0.2) is 48.5 Å². The highest BCUT2D eigenvalue weighted by Gasteiger charge is 2.13. The quantitative estimate of drug-likeness (QED) is 0.733. The van der Waals surface area contributed by atoms with E-state index in [9.17, 15) is 4.79 Å². The summed E-state index contributed by atoms with van der Waals surface area (Å²) in [6.45, 7) is 5.55. The molecule has 4 nitrogen and oxygen atoms in total. The minimum absolute atomic E-state index is 0.124. The molecule has 4 heteroatoms. The van der Waals surface area contributed by atoms with Gasteiger partial charge in [0.05, 0.1) is 13.0 Å². The van der Waals surface area contributed by atoms with Crippen LogP contribution in [0.2, 0.25) is 0 Å². The van der Waals surface area contributed by atoms with Crippen molar-refractivity contribution in [3.05, 3.63) is 59.7 Å². The SMILES string of the molecule is CCOc1ccc(CC(=O)N(C)Cc2ccc(N3CCCCC3)cc2)cc1. The minimum Gasteiger partial charge on any atom is -0.494 e. The maximum absolute atomic E-state index is 12.5. The molecule has 2 aromatic rings. The van der Waals surface area contributed by atoms with Crippen LogP contribution in [0.25, 0.3) is 0 Å². The maximum Gasteiger partial charge on any atom is 0.227 e. The number of hydrogen-bond acceptors (Lipinski definition) is 3. The highest BCUT2D eigenvalue weighted by molar-refractivity contribution is 5.78. The number of nitrogens with zero attached hydrogens (tertiary/aromatic N) is 2. The number of amides is 1. The molecule has 27 heavy (non-hydrogen) atoms. The van der Waals surface area contributed by atoms with Crippen LogP contribution >= 0.6 is 0 Å². The van der Waals surface area contributed by atoms with Crippen molar-refractivity contribution in [3.8, 4) is 5.75 Å². The molecule has 1 aliphatic rings. The van der Waals surface area contributed by atoms with Gasteiger partial charge < -0.3 is 14.5 Å². The summed E-state index contributed by atoms with van der Waals surface area (Å²) in [7, 11) is 1.87. The predicted molar refractivity (Wildman–Crippen MR) is 110 cm³/mol. The smallest absolute Gasteiger partial charge is 0.227 e. The Morgan fingerprint density at radius 3 is 2.22 bits per heavy atom. The number of likely N-dealkylation sites (N-methyl/N-ethyl adjacent to an activating group) is 1. The Hall–Kier alpha value is -2.49. The van der Waals surface area contributed by atoms with Crippen LogP contribution in [0.5, 0.6) is 5.75 Å². The van der Waals surface area contributed by atoms with Gasteiger partial charge in [-0.1, -0.05) is 24.3 Å². The van der Waals surface area contributed by atoms with Crippen LogP contribution in [0.1, 0.15) is 37.3 Å². The molecule has 1 amide bonds. The average Bonchev–Trinajstić information content (AvgIpc) is 2.71. The molecule has 1 saturated heterocycles. The van der Waals surface area contributed by atoms with Gasteiger partial charge in [0.25, 0.3) is 0 Å². The van der Waals surface area contributed by atoms with Crippen LogP contribution in [0.3, 0.4) is 0 Å². The first kappa shape index (κ1) is 19.3. The zero-order chi connectivity index (χ0) is 19.1. The summed E-state index contributed by atoms with van der Waals surface area (Å²) >= 11 is 0. The van der Waals surface area contributed by atoms with E-state index in [4.69, 9.17) is 4.74 Å². The van der Waals surface area contributed by atoms with Gasteiger partial charge in [-0.3, -0.25) is 4.79 Å². The zero-order valence-electron chi connectivity index (χ0n) is 16.5. The first-order valence-electron chi connectivity index (χ1n) is 9.95. The Labute approximate surface area is 162 Å². The number of carbonyl (C=O) groups is 1. The lowest BCUT2D eigenvalue weighted by atomic mass is 10.1. The summed E-state index contributed by atoms with van der Waals surface area (Å²) in [6.07, 6.45) is 4.32. The van der Waals surface area contributed by atoms with Gasteiger partial charge in [-0.2, -0.15) is 0 Å². The predicted octanol–water partition coefficient (Wildman–Crippen LogP) is 4.28. The van der Waals surface area contributed by atoms with E-state index in [2.05, 4.69) is 29.2 Å². The molecule has 3 rings (SSSR count). The van der Waals surface area contributed by atoms with E-state index in [1.807, 2.05) is 38.2 Å². The van der Waals surface area contributed by atoms with Crippen molar-refractivity contribution in [1.29, 1.82) is 0 Å². The lowest BCUT2D eigenvalue weighted by molar-refractivity contribution is -0.129. The molecule has 0 aliphatic carbocycles. The third-order valence-corrected chi connectivity index (χ3v) is 5.09. The van der Waals surface area contributed by atoms with Crippen LogP contribution in [0, 0.1) is 0 Å². The number of carbonyl (C=O) groups excluding carboxylic acids is 1. The van der Waals surface area contributed by atoms with Gasteiger partial charge in [0.15, 0.2) is 0 Å². The second-order valence-electron chi connectivity index (χ2n) is 7.22. The standard InChI is InChI=1S/C23H30N2O2/c1-3-27-22-13-9-19(10-14-22)17-23(26)24(2)18-20-7-11-21(12-8-20)25-15-5-4-6-16-25/h7-14H,3-6,15-18H2,1-2H3. The second-order valence-corrected chi connectivity index (χ2v) is 7.22. The molecule has 1 aliphatic heterocycles. The highest BCUT2D eigenvalue weighted by atomic mass is 16.5. The Balaban J connectivity index is 1.52. The fraction of sp³-hybridized carbons (Fsp3) is 0.435. The van der Waals surface area contributed by atoms with Crippen molar-refractivity contribution in [1.82, 2.24) is 4.90 Å². The molecule has 144 valence electrons. The Bertz CT molecular complexity index is 719. The van der Waals surface area contributed by atoms with Crippen molar-refractivity contribution in [2.24, 2.45) is 0 Å². The lowest BCUT2D eigenvalue weighted by Crippen LogP contribution is -2.29. The largest absolute Gasteiger partial charge is 0.494 e. The van der Waals surface area contributed by atoms with E-state index < -0.39 is 0 Å². The van der Waals surface area contributed by atoms with Crippen LogP contribution < -0.4 is 9.64 Å². The van der Waals surface area contributed by atoms with E-state index in [0.717, 1.165) is 24.4 Å². The minimum atomic E-state index is 0.124. The van der Waals surface area contributed by atoms with Crippen molar-refractivity contribution >= 4 is 11.6 Å². The summed E-state index contributed by atoms with van der Waals surface area (Å²) in [6, 6.07) is 16.4. The van der Waals surface area contributed by atoms with Gasteiger partial charge in [-0.15, -0.1) is 0 Å². The lowest BCUT2D eigenvalue weighted by Gasteiger charge is -2.29. The molecule has 2 aromatic carbocycles. The summed E-state index contributed by atoms with van der Waals surface area (Å²) < 4.78 is 5.45. The summed E-state index contributed by atoms with van der Waals surface area (Å²) in [4.78, 5) is 16.8. The third-order valence-electron chi connectivity index (χ3n) is 5.09. The van der Waals surface area contributed by atoms with Crippen molar-refractivity contribution in [2.45, 2.75) is 39.2 Å². The molecule has 0 aromatic heterocycles. The number of benzene rings is 2. The number of piperidine rings is 1. The number of rotatable bonds is 7. The van der Waals surface area contributed by atoms with E-state index in [0.29, 0.717) is 19.6 Å². The van der Waals surface area contributed by atoms with Gasteiger partial charge in [-0.05, 0) is 61.6 Å². The molecule has 0 saturated carbocycles. The monoisotopic (exact) mass is 366 g/mol. The fourth-order valence-electron chi connectivity index (χ4n) is 3.51. The number of ether oxygens (including phenoxy) is 1. The normalized spacial score (nSPS) is 14.1. The van der Waals surface area contributed by atoms with Crippen LogP contribution in [0.4, 0.5) is 5.69 Å². The van der Waals surface area contributed by atoms with Gasteiger partial charge in [0.2, 0.25) is 5.91 Å². The molecule has 0 bridgehead atoms. The first-order valence-corrected chi connectivity index (χ1v) is 9.95. The average molecular weight is 367 g/mol. The molecule has 0 N–H and O–H groups in total. The molecule has 1 heterocycles. The molecule has 0 unspecified atom stereocenters. The molecule has 0 radical (unpaired) electrons. The van der Waals surface area contributed by atoms with Crippen molar-refractivity contribution in [2.75, 3.05) is 31.6 Å². The second kappa shape index (κ2) is 9.45. The first-order chi connectivity index (χ1) is 13.2. The Morgan fingerprint density at radius 2 is 1.59 bits per heavy atom. The Morgan fingerprint density at radius 1 is 0.963 bits per heavy atom.